The lowest BCUT2D eigenvalue weighted by molar-refractivity contribution is -0.277. The molecule has 7 nitrogen and oxygen atoms in total. The number of ether oxygens (including phenoxy) is 2. The third-order valence-electron chi connectivity index (χ3n) is 3.11. The van der Waals surface area contributed by atoms with E-state index in [1.165, 1.54) is 0 Å². The second-order valence-electron chi connectivity index (χ2n) is 4.51. The number of benzene rings is 1. The molecule has 1 aliphatic rings. The number of isothiocyanates is 1. The molecule has 114 valence electrons. The molecule has 0 aromatic heterocycles. The van der Waals surface area contributed by atoms with E-state index < -0.39 is 37.3 Å². The van der Waals surface area contributed by atoms with Crippen molar-refractivity contribution in [2.75, 3.05) is 6.61 Å². The van der Waals surface area contributed by atoms with Crippen LogP contribution in [-0.2, 0) is 4.74 Å². The Labute approximate surface area is 126 Å². The van der Waals surface area contributed by atoms with Crippen LogP contribution >= 0.6 is 12.2 Å². The Hall–Kier alpha value is -1.38. The second-order valence-corrected chi connectivity index (χ2v) is 4.69. The van der Waals surface area contributed by atoms with Crippen LogP contribution in [0.5, 0.6) is 5.75 Å². The summed E-state index contributed by atoms with van der Waals surface area (Å²) in [5, 5.41) is 40.5. The van der Waals surface area contributed by atoms with Gasteiger partial charge in [-0.15, -0.1) is 0 Å². The number of rotatable bonds is 4. The normalized spacial score (nSPS) is 32.3. The van der Waals surface area contributed by atoms with E-state index >= 15 is 0 Å². The predicted octanol–water partition coefficient (Wildman–Crippen LogP) is -0.400. The van der Waals surface area contributed by atoms with Crippen LogP contribution in [0.2, 0.25) is 0 Å². The van der Waals surface area contributed by atoms with Gasteiger partial charge in [0.25, 0.3) is 0 Å². The van der Waals surface area contributed by atoms with Crippen molar-refractivity contribution in [2.24, 2.45) is 4.99 Å². The smallest absolute Gasteiger partial charge is 0.229 e. The van der Waals surface area contributed by atoms with Crippen LogP contribution in [0, 0.1) is 0 Å². The molecule has 0 radical (unpaired) electrons. The lowest BCUT2D eigenvalue weighted by Crippen LogP contribution is -2.60. The maximum atomic E-state index is 9.84. The summed E-state index contributed by atoms with van der Waals surface area (Å²) in [5.74, 6) is 0.364. The topological polar surface area (TPSA) is 112 Å². The predicted molar refractivity (Wildman–Crippen MR) is 75.5 cm³/mol. The minimum atomic E-state index is -1.47. The quantitative estimate of drug-likeness (QED) is 0.442. The van der Waals surface area contributed by atoms with E-state index in [-0.39, 0.29) is 0 Å². The molecule has 1 aliphatic heterocycles. The van der Waals surface area contributed by atoms with E-state index in [2.05, 4.69) is 22.4 Å². The summed E-state index contributed by atoms with van der Waals surface area (Å²) in [6.45, 7) is -0.507. The summed E-state index contributed by atoms with van der Waals surface area (Å²) in [6, 6.07) is 6.40. The molecule has 2 unspecified atom stereocenters. The van der Waals surface area contributed by atoms with Crippen molar-refractivity contribution in [3.05, 3.63) is 24.3 Å². The first-order chi connectivity index (χ1) is 10.1. The number of hydrogen-bond acceptors (Lipinski definition) is 8. The van der Waals surface area contributed by atoms with Crippen molar-refractivity contribution in [1.29, 1.82) is 0 Å². The van der Waals surface area contributed by atoms with Gasteiger partial charge in [0.1, 0.15) is 30.2 Å². The van der Waals surface area contributed by atoms with E-state index in [1.54, 1.807) is 24.3 Å². The molecule has 0 spiro atoms. The minimum absolute atomic E-state index is 0.364. The van der Waals surface area contributed by atoms with E-state index in [0.29, 0.717) is 11.4 Å². The minimum Gasteiger partial charge on any atom is -0.462 e. The highest BCUT2D eigenvalue weighted by Gasteiger charge is 2.44. The summed E-state index contributed by atoms with van der Waals surface area (Å²) < 4.78 is 10.6. The zero-order valence-electron chi connectivity index (χ0n) is 10.9. The molecule has 21 heavy (non-hydrogen) atoms. The van der Waals surface area contributed by atoms with E-state index in [0.717, 1.165) is 0 Å². The standard InChI is InChI=1S/C13H15NO6S/c15-5-9-10(16)11(17)12(18)13(20-9)19-8-3-1-7(2-4-8)14-6-21/h1-4,9-13,15-18H,5H2/t9?,10-,11+,12?,13+/m1/s1. The summed E-state index contributed by atoms with van der Waals surface area (Å²) in [5.41, 5.74) is 0.589. The van der Waals surface area contributed by atoms with Crippen LogP contribution in [0.25, 0.3) is 0 Å². The molecule has 1 heterocycles. The fraction of sp³-hybridized carbons (Fsp3) is 0.462. The molecule has 1 saturated heterocycles. The second kappa shape index (κ2) is 7.06. The average Bonchev–Trinajstić information content (AvgIpc) is 2.50. The van der Waals surface area contributed by atoms with E-state index in [4.69, 9.17) is 14.6 Å². The molecule has 0 bridgehead atoms. The zero-order chi connectivity index (χ0) is 15.4. The largest absolute Gasteiger partial charge is 0.462 e. The Morgan fingerprint density at radius 3 is 2.38 bits per heavy atom. The van der Waals surface area contributed by atoms with Crippen LogP contribution in [0.4, 0.5) is 5.69 Å². The Bertz CT molecular complexity index is 516. The number of nitrogens with zero attached hydrogens (tertiary/aromatic N) is 1. The zero-order valence-corrected chi connectivity index (χ0v) is 11.7. The van der Waals surface area contributed by atoms with Gasteiger partial charge in [0.2, 0.25) is 6.29 Å². The number of aliphatic hydroxyl groups is 4. The molecule has 1 fully saturated rings. The summed E-state index contributed by atoms with van der Waals surface area (Å²) in [4.78, 5) is 3.78. The molecule has 1 aromatic carbocycles. The molecule has 2 rings (SSSR count). The van der Waals surface area contributed by atoms with Crippen molar-refractivity contribution in [1.82, 2.24) is 0 Å². The molecule has 0 aliphatic carbocycles. The van der Waals surface area contributed by atoms with Gasteiger partial charge >= 0.3 is 0 Å². The first kappa shape index (κ1) is 16.0. The van der Waals surface area contributed by atoms with Crippen molar-refractivity contribution >= 4 is 23.1 Å². The Kier molecular flexibility index (Phi) is 5.38. The van der Waals surface area contributed by atoms with Crippen molar-refractivity contribution in [3.63, 3.8) is 0 Å². The molecule has 8 heteroatoms. The Morgan fingerprint density at radius 2 is 1.81 bits per heavy atom. The van der Waals surface area contributed by atoms with Crippen molar-refractivity contribution in [2.45, 2.75) is 30.7 Å². The maximum Gasteiger partial charge on any atom is 0.229 e. The van der Waals surface area contributed by atoms with Gasteiger partial charge in [-0.05, 0) is 36.5 Å². The van der Waals surface area contributed by atoms with Crippen LogP contribution in [-0.4, -0.2) is 62.9 Å². The monoisotopic (exact) mass is 313 g/mol. The van der Waals surface area contributed by atoms with Gasteiger partial charge in [0.05, 0.1) is 17.5 Å². The van der Waals surface area contributed by atoms with Gasteiger partial charge in [0, 0.05) is 0 Å². The van der Waals surface area contributed by atoms with Gasteiger partial charge < -0.3 is 29.9 Å². The summed E-state index contributed by atoms with van der Waals surface area (Å²) in [7, 11) is 0. The third-order valence-corrected chi connectivity index (χ3v) is 3.20. The fourth-order valence-corrected chi connectivity index (χ4v) is 2.06. The Balaban J connectivity index is 2.08. The number of hydrogen-bond donors (Lipinski definition) is 4. The van der Waals surface area contributed by atoms with Gasteiger partial charge in [0.15, 0.2) is 0 Å². The van der Waals surface area contributed by atoms with Crippen LogP contribution in [0.3, 0.4) is 0 Å². The van der Waals surface area contributed by atoms with Crippen molar-refractivity contribution in [3.8, 4) is 5.75 Å². The molecule has 0 amide bonds. The van der Waals surface area contributed by atoms with E-state index in [1.807, 2.05) is 0 Å². The Morgan fingerprint density at radius 1 is 1.14 bits per heavy atom. The first-order valence-electron chi connectivity index (χ1n) is 6.22. The maximum absolute atomic E-state index is 9.84. The molecule has 5 atom stereocenters. The number of aliphatic imine (C=N–C) groups is 1. The van der Waals surface area contributed by atoms with Gasteiger partial charge in [-0.1, -0.05) is 0 Å². The highest BCUT2D eigenvalue weighted by atomic mass is 32.1. The first-order valence-corrected chi connectivity index (χ1v) is 6.62. The third kappa shape index (κ3) is 3.63. The van der Waals surface area contributed by atoms with Gasteiger partial charge in [-0.2, -0.15) is 4.99 Å². The van der Waals surface area contributed by atoms with E-state index in [9.17, 15) is 15.3 Å². The van der Waals surface area contributed by atoms with Crippen LogP contribution in [0.15, 0.2) is 29.3 Å². The molecular formula is C13H15NO6S. The summed E-state index contributed by atoms with van der Waals surface area (Å²) >= 11 is 4.49. The summed E-state index contributed by atoms with van der Waals surface area (Å²) in [6.07, 6.45) is -6.54. The average molecular weight is 313 g/mol. The van der Waals surface area contributed by atoms with Crippen LogP contribution in [0.1, 0.15) is 0 Å². The number of aliphatic hydroxyl groups excluding tert-OH is 4. The molecule has 0 saturated carbocycles. The molecule has 1 aromatic rings. The molecular weight excluding hydrogens is 298 g/mol. The van der Waals surface area contributed by atoms with Gasteiger partial charge in [-0.3, -0.25) is 0 Å². The van der Waals surface area contributed by atoms with Crippen LogP contribution < -0.4 is 4.74 Å². The van der Waals surface area contributed by atoms with Crippen molar-refractivity contribution < 1.29 is 29.9 Å². The van der Waals surface area contributed by atoms with Gasteiger partial charge in [-0.25, -0.2) is 0 Å². The lowest BCUT2D eigenvalue weighted by atomic mass is 9.99. The lowest BCUT2D eigenvalue weighted by Gasteiger charge is -2.39. The highest BCUT2D eigenvalue weighted by molar-refractivity contribution is 7.78. The molecule has 4 N–H and O–H groups in total. The highest BCUT2D eigenvalue weighted by Crippen LogP contribution is 2.25. The number of thiocarbonyl (C=S) groups is 1. The SMILES string of the molecule is OCC1O[C@H](Oc2ccc(N=C=S)cc2)C(O)[C@@H](O)[C@@H]1O. The fourth-order valence-electron chi connectivity index (χ4n) is 1.95.